The molecule has 0 amide bonds. The maximum atomic E-state index is 9.78. The van der Waals surface area contributed by atoms with E-state index in [0.717, 1.165) is 11.1 Å². The average molecular weight is 304 g/mol. The zero-order valence-electron chi connectivity index (χ0n) is 13.1. The van der Waals surface area contributed by atoms with Gasteiger partial charge in [-0.2, -0.15) is 0 Å². The minimum atomic E-state index is -0.328. The molecule has 0 saturated carbocycles. The van der Waals surface area contributed by atoms with Crippen molar-refractivity contribution in [3.63, 3.8) is 0 Å². The van der Waals surface area contributed by atoms with E-state index in [2.05, 4.69) is 42.5 Å². The van der Waals surface area contributed by atoms with Crippen LogP contribution in [0.3, 0.4) is 0 Å². The first kappa shape index (κ1) is 14.4. The highest BCUT2D eigenvalue weighted by molar-refractivity contribution is 5.57. The summed E-state index contributed by atoms with van der Waals surface area (Å²) < 4.78 is 5.63. The van der Waals surface area contributed by atoms with Gasteiger partial charge in [0.05, 0.1) is 6.10 Å². The summed E-state index contributed by atoms with van der Waals surface area (Å²) in [7, 11) is 0. The van der Waals surface area contributed by atoms with E-state index < -0.39 is 0 Å². The molecule has 1 N–H and O–H groups in total. The van der Waals surface area contributed by atoms with Gasteiger partial charge in [0, 0.05) is 5.92 Å². The van der Waals surface area contributed by atoms with Crippen LogP contribution in [-0.2, 0) is 4.74 Å². The van der Waals surface area contributed by atoms with Crippen LogP contribution >= 0.6 is 0 Å². The number of benzene rings is 2. The molecule has 3 unspecified atom stereocenters. The summed E-state index contributed by atoms with van der Waals surface area (Å²) in [6, 6.07) is 16.4. The molecule has 2 aliphatic heterocycles. The summed E-state index contributed by atoms with van der Waals surface area (Å²) in [6.45, 7) is 2.02. The molecule has 2 heteroatoms. The Labute approximate surface area is 136 Å². The van der Waals surface area contributed by atoms with Crippen LogP contribution < -0.4 is 0 Å². The highest BCUT2D eigenvalue weighted by Crippen LogP contribution is 2.45. The molecule has 2 heterocycles. The van der Waals surface area contributed by atoms with Gasteiger partial charge in [-0.1, -0.05) is 79.8 Å². The van der Waals surface area contributed by atoms with Crippen LogP contribution in [0.2, 0.25) is 0 Å². The number of fused-ring (bicyclic) bond motifs is 6. The van der Waals surface area contributed by atoms with E-state index in [-0.39, 0.29) is 24.2 Å². The molecular formula is C21H20O2. The third-order valence-electron chi connectivity index (χ3n) is 4.76. The number of aliphatic hydroxyl groups excluding tert-OH is 1. The summed E-state index contributed by atoms with van der Waals surface area (Å²) in [5.41, 5.74) is 4.88. The highest BCUT2D eigenvalue weighted by Gasteiger charge is 2.32. The van der Waals surface area contributed by atoms with E-state index in [1.54, 1.807) is 0 Å². The molecule has 0 fully saturated rings. The highest BCUT2D eigenvalue weighted by atomic mass is 16.5. The van der Waals surface area contributed by atoms with Gasteiger partial charge in [0.25, 0.3) is 0 Å². The molecule has 2 aromatic carbocycles. The fraction of sp³-hybridized carbons (Fsp3) is 0.238. The van der Waals surface area contributed by atoms with E-state index in [9.17, 15) is 5.11 Å². The van der Waals surface area contributed by atoms with Crippen LogP contribution in [-0.4, -0.2) is 5.11 Å². The van der Waals surface area contributed by atoms with Crippen molar-refractivity contribution in [1.29, 1.82) is 0 Å². The predicted octanol–water partition coefficient (Wildman–Crippen LogP) is 4.75. The lowest BCUT2D eigenvalue weighted by atomic mass is 9.88. The third kappa shape index (κ3) is 2.54. The Kier molecular flexibility index (Phi) is 3.64. The Morgan fingerprint density at radius 1 is 0.783 bits per heavy atom. The van der Waals surface area contributed by atoms with Crippen molar-refractivity contribution >= 4 is 6.08 Å². The summed E-state index contributed by atoms with van der Waals surface area (Å²) in [5.74, 6) is 0.236. The molecule has 2 aromatic rings. The molecule has 0 aromatic heterocycles. The van der Waals surface area contributed by atoms with Gasteiger partial charge in [-0.15, -0.1) is 0 Å². The molecule has 0 spiro atoms. The molecule has 1 aliphatic carbocycles. The van der Waals surface area contributed by atoms with E-state index in [1.807, 2.05) is 37.3 Å². The summed E-state index contributed by atoms with van der Waals surface area (Å²) in [6.07, 6.45) is 8.55. The largest absolute Gasteiger partial charge is 0.388 e. The molecule has 4 atom stereocenters. The topological polar surface area (TPSA) is 29.5 Å². The molecule has 0 saturated heterocycles. The quantitative estimate of drug-likeness (QED) is 0.712. The van der Waals surface area contributed by atoms with Crippen LogP contribution in [0.15, 0.2) is 66.8 Å². The third-order valence-corrected chi connectivity index (χ3v) is 4.76. The minimum absolute atomic E-state index is 0.236. The first-order valence-corrected chi connectivity index (χ1v) is 8.12. The van der Waals surface area contributed by atoms with Crippen molar-refractivity contribution in [2.24, 2.45) is 5.92 Å². The van der Waals surface area contributed by atoms with Crippen molar-refractivity contribution in [3.05, 3.63) is 89.0 Å². The van der Waals surface area contributed by atoms with E-state index in [4.69, 9.17) is 4.74 Å². The minimum Gasteiger partial charge on any atom is -0.388 e. The first-order valence-electron chi connectivity index (χ1n) is 8.12. The lowest BCUT2D eigenvalue weighted by Gasteiger charge is -2.22. The Hall–Kier alpha value is -2.16. The molecule has 3 aliphatic rings. The van der Waals surface area contributed by atoms with E-state index in [1.165, 1.54) is 11.1 Å². The average Bonchev–Trinajstić information content (AvgIpc) is 3.22. The monoisotopic (exact) mass is 304 g/mol. The standard InChI is InChI=1S/C11H12O.C10H8O/c1-8-6-7-9-4-2-3-5-10(9)11(8)12;1-2-4-8-7(3-1)9-5-6-10(8)11-9/h2-8,11-12H,1H3;1-6,9-10H/t8?,11-;/m0./s1. The lowest BCUT2D eigenvalue weighted by Crippen LogP contribution is -2.11. The van der Waals surface area contributed by atoms with Crippen LogP contribution in [0, 0.1) is 5.92 Å². The first-order chi connectivity index (χ1) is 11.2. The summed E-state index contributed by atoms with van der Waals surface area (Å²) >= 11 is 0. The number of rotatable bonds is 0. The van der Waals surface area contributed by atoms with Crippen molar-refractivity contribution < 1.29 is 9.84 Å². The predicted molar refractivity (Wildman–Crippen MR) is 91.7 cm³/mol. The van der Waals surface area contributed by atoms with E-state index >= 15 is 0 Å². The smallest absolute Gasteiger partial charge is 0.102 e. The molecule has 23 heavy (non-hydrogen) atoms. The Morgan fingerprint density at radius 3 is 2.00 bits per heavy atom. The fourth-order valence-corrected chi connectivity index (χ4v) is 3.41. The summed E-state index contributed by atoms with van der Waals surface area (Å²) in [5, 5.41) is 9.78. The van der Waals surface area contributed by atoms with Crippen LogP contribution in [0.1, 0.15) is 47.5 Å². The zero-order valence-corrected chi connectivity index (χ0v) is 13.1. The molecule has 116 valence electrons. The van der Waals surface area contributed by atoms with Gasteiger partial charge < -0.3 is 9.84 Å². The SMILES string of the molecule is C1=CC2OC1c1ccccc12.CC1C=Cc2ccccc2[C@H]1O. The second-order valence-corrected chi connectivity index (χ2v) is 6.28. The van der Waals surface area contributed by atoms with Gasteiger partial charge in [0.1, 0.15) is 12.2 Å². The van der Waals surface area contributed by atoms with Gasteiger partial charge in [-0.3, -0.25) is 0 Å². The van der Waals surface area contributed by atoms with Gasteiger partial charge in [0.15, 0.2) is 0 Å². The van der Waals surface area contributed by atoms with Crippen molar-refractivity contribution in [2.75, 3.05) is 0 Å². The molecular weight excluding hydrogens is 284 g/mol. The maximum Gasteiger partial charge on any atom is 0.102 e. The molecule has 0 radical (unpaired) electrons. The van der Waals surface area contributed by atoms with Crippen LogP contribution in [0.25, 0.3) is 6.08 Å². The van der Waals surface area contributed by atoms with Crippen LogP contribution in [0.4, 0.5) is 0 Å². The second kappa shape index (κ2) is 5.80. The van der Waals surface area contributed by atoms with Gasteiger partial charge in [-0.25, -0.2) is 0 Å². The second-order valence-electron chi connectivity index (χ2n) is 6.28. The molecule has 2 nitrogen and oxygen atoms in total. The van der Waals surface area contributed by atoms with Crippen molar-refractivity contribution in [3.8, 4) is 0 Å². The van der Waals surface area contributed by atoms with Gasteiger partial charge in [0.2, 0.25) is 0 Å². The summed E-state index contributed by atoms with van der Waals surface area (Å²) in [4.78, 5) is 0. The lowest BCUT2D eigenvalue weighted by molar-refractivity contribution is 0.0878. The van der Waals surface area contributed by atoms with Gasteiger partial charge >= 0.3 is 0 Å². The fourth-order valence-electron chi connectivity index (χ4n) is 3.41. The number of aliphatic hydroxyl groups is 1. The number of ether oxygens (including phenoxy) is 1. The maximum absolute atomic E-state index is 9.78. The normalized spacial score (nSPS) is 28.8. The molecule has 2 bridgehead atoms. The number of hydrogen-bond donors (Lipinski definition) is 1. The Bertz CT molecular complexity index is 744. The van der Waals surface area contributed by atoms with Crippen molar-refractivity contribution in [1.82, 2.24) is 0 Å². The zero-order chi connectivity index (χ0) is 15.8. The van der Waals surface area contributed by atoms with Gasteiger partial charge in [-0.05, 0) is 22.3 Å². The van der Waals surface area contributed by atoms with Crippen molar-refractivity contribution in [2.45, 2.75) is 25.2 Å². The van der Waals surface area contributed by atoms with Crippen LogP contribution in [0.5, 0.6) is 0 Å². The molecule has 5 rings (SSSR count). The van der Waals surface area contributed by atoms with E-state index in [0.29, 0.717) is 0 Å². The number of hydrogen-bond acceptors (Lipinski definition) is 2. The Morgan fingerprint density at radius 2 is 1.35 bits per heavy atom. The Balaban J connectivity index is 0.000000118.